The number of hydrogen-bond donors (Lipinski definition) is 1. The zero-order chi connectivity index (χ0) is 15.3. The maximum atomic E-state index is 13.8. The van der Waals surface area contributed by atoms with Crippen molar-refractivity contribution in [2.45, 2.75) is 26.7 Å². The number of anilines is 1. The molecule has 0 aliphatic carbocycles. The third kappa shape index (κ3) is 3.23. The van der Waals surface area contributed by atoms with Gasteiger partial charge >= 0.3 is 0 Å². The zero-order valence-electron chi connectivity index (χ0n) is 11.6. The molecule has 20 heavy (non-hydrogen) atoms. The number of amides is 1. The number of nitro groups is 1. The lowest BCUT2D eigenvalue weighted by atomic mass is 10.1. The van der Waals surface area contributed by atoms with Crippen LogP contribution < -0.4 is 5.73 Å². The summed E-state index contributed by atoms with van der Waals surface area (Å²) >= 11 is 0. The van der Waals surface area contributed by atoms with E-state index in [1.807, 2.05) is 13.8 Å². The van der Waals surface area contributed by atoms with Crippen molar-refractivity contribution >= 4 is 17.3 Å². The number of nitrogens with two attached hydrogens (primary N) is 1. The summed E-state index contributed by atoms with van der Waals surface area (Å²) in [6.45, 7) is 4.69. The minimum Gasteiger partial charge on any atom is -0.392 e. The number of nitrogen functional groups attached to an aromatic ring is 1. The van der Waals surface area contributed by atoms with Gasteiger partial charge in [-0.05, 0) is 18.9 Å². The SMILES string of the molecule is CCCN(CCC)C(=O)c1c(F)ccc([N+](=O)[O-])c1N. The van der Waals surface area contributed by atoms with Gasteiger partial charge in [0.2, 0.25) is 0 Å². The van der Waals surface area contributed by atoms with Gasteiger partial charge in [0.1, 0.15) is 17.1 Å². The Labute approximate surface area is 116 Å². The van der Waals surface area contributed by atoms with Gasteiger partial charge in [0.25, 0.3) is 11.6 Å². The fraction of sp³-hybridized carbons (Fsp3) is 0.462. The first-order chi connectivity index (χ1) is 9.43. The van der Waals surface area contributed by atoms with Crippen LogP contribution in [0.1, 0.15) is 37.0 Å². The molecule has 6 nitrogen and oxygen atoms in total. The zero-order valence-corrected chi connectivity index (χ0v) is 11.6. The van der Waals surface area contributed by atoms with E-state index in [4.69, 9.17) is 5.73 Å². The van der Waals surface area contributed by atoms with Crippen LogP contribution >= 0.6 is 0 Å². The van der Waals surface area contributed by atoms with E-state index < -0.39 is 33.6 Å². The molecule has 0 radical (unpaired) electrons. The summed E-state index contributed by atoms with van der Waals surface area (Å²) in [5.74, 6) is -1.44. The normalized spacial score (nSPS) is 10.3. The molecule has 0 aliphatic rings. The summed E-state index contributed by atoms with van der Waals surface area (Å²) in [7, 11) is 0. The Morgan fingerprint density at radius 3 is 2.35 bits per heavy atom. The van der Waals surface area contributed by atoms with E-state index in [1.165, 1.54) is 4.90 Å². The molecule has 0 saturated carbocycles. The van der Waals surface area contributed by atoms with Gasteiger partial charge in [-0.1, -0.05) is 13.8 Å². The smallest absolute Gasteiger partial charge is 0.293 e. The summed E-state index contributed by atoms with van der Waals surface area (Å²) < 4.78 is 13.8. The van der Waals surface area contributed by atoms with E-state index in [1.54, 1.807) is 0 Å². The van der Waals surface area contributed by atoms with Crippen LogP contribution in [0.15, 0.2) is 12.1 Å². The van der Waals surface area contributed by atoms with Crippen molar-refractivity contribution in [2.24, 2.45) is 0 Å². The van der Waals surface area contributed by atoms with Crippen LogP contribution in [-0.4, -0.2) is 28.8 Å². The summed E-state index contributed by atoms with van der Waals surface area (Å²) in [6, 6.07) is 1.86. The molecule has 7 heteroatoms. The van der Waals surface area contributed by atoms with E-state index >= 15 is 0 Å². The van der Waals surface area contributed by atoms with E-state index in [-0.39, 0.29) is 0 Å². The first kappa shape index (κ1) is 15.9. The maximum Gasteiger partial charge on any atom is 0.293 e. The van der Waals surface area contributed by atoms with Gasteiger partial charge in [-0.25, -0.2) is 4.39 Å². The molecule has 1 amide bonds. The number of carbonyl (C=O) groups is 1. The minimum absolute atomic E-state index is 0.416. The Kier molecular flexibility index (Phi) is 5.42. The van der Waals surface area contributed by atoms with Crippen LogP contribution in [0.5, 0.6) is 0 Å². The number of rotatable bonds is 6. The van der Waals surface area contributed by atoms with E-state index in [0.717, 1.165) is 12.1 Å². The predicted octanol–water partition coefficient (Wildman–Crippen LogP) is 2.58. The third-order valence-corrected chi connectivity index (χ3v) is 2.86. The highest BCUT2D eigenvalue weighted by Gasteiger charge is 2.26. The molecule has 1 aromatic carbocycles. The Morgan fingerprint density at radius 1 is 1.35 bits per heavy atom. The number of hydrogen-bond acceptors (Lipinski definition) is 4. The highest BCUT2D eigenvalue weighted by atomic mass is 19.1. The van der Waals surface area contributed by atoms with E-state index in [9.17, 15) is 19.3 Å². The number of carbonyl (C=O) groups excluding carboxylic acids is 1. The Morgan fingerprint density at radius 2 is 1.90 bits per heavy atom. The van der Waals surface area contributed by atoms with Gasteiger partial charge in [-0.3, -0.25) is 14.9 Å². The van der Waals surface area contributed by atoms with Crippen LogP contribution in [0.25, 0.3) is 0 Å². The van der Waals surface area contributed by atoms with Crippen molar-refractivity contribution in [3.8, 4) is 0 Å². The molecule has 110 valence electrons. The molecular formula is C13H18FN3O3. The van der Waals surface area contributed by atoms with Gasteiger partial charge in [0.15, 0.2) is 0 Å². The molecule has 0 fully saturated rings. The summed E-state index contributed by atoms with van der Waals surface area (Å²) in [6.07, 6.45) is 1.42. The lowest BCUT2D eigenvalue weighted by Gasteiger charge is -2.22. The summed E-state index contributed by atoms with van der Waals surface area (Å²) in [5, 5.41) is 10.8. The Balaban J connectivity index is 3.26. The van der Waals surface area contributed by atoms with Gasteiger partial charge in [0.05, 0.1) is 4.92 Å². The Bertz CT molecular complexity index is 514. The van der Waals surface area contributed by atoms with Crippen LogP contribution in [0.4, 0.5) is 15.8 Å². The number of nitrogens with zero attached hydrogens (tertiary/aromatic N) is 2. The second-order valence-electron chi connectivity index (χ2n) is 4.40. The lowest BCUT2D eigenvalue weighted by molar-refractivity contribution is -0.384. The quantitative estimate of drug-likeness (QED) is 0.493. The fourth-order valence-corrected chi connectivity index (χ4v) is 1.97. The standard InChI is InChI=1S/C13H18FN3O3/c1-3-7-16(8-4-2)13(18)11-9(14)5-6-10(12(11)15)17(19)20/h5-6H,3-4,7-8,15H2,1-2H3. The van der Waals surface area contributed by atoms with Crippen molar-refractivity contribution in [3.05, 3.63) is 33.6 Å². The molecule has 1 rings (SSSR count). The number of benzene rings is 1. The van der Waals surface area contributed by atoms with Crippen LogP contribution in [0.2, 0.25) is 0 Å². The molecule has 0 unspecified atom stereocenters. The summed E-state index contributed by atoms with van der Waals surface area (Å²) in [4.78, 5) is 23.9. The molecule has 1 aromatic rings. The molecule has 2 N–H and O–H groups in total. The minimum atomic E-state index is -0.838. The van der Waals surface area contributed by atoms with Crippen molar-refractivity contribution < 1.29 is 14.1 Å². The number of nitro benzene ring substituents is 1. The first-order valence-electron chi connectivity index (χ1n) is 6.45. The van der Waals surface area contributed by atoms with E-state index in [2.05, 4.69) is 0 Å². The topological polar surface area (TPSA) is 89.5 Å². The van der Waals surface area contributed by atoms with Gasteiger partial charge in [0, 0.05) is 19.2 Å². The number of halogens is 1. The molecule has 0 atom stereocenters. The van der Waals surface area contributed by atoms with Crippen LogP contribution in [0, 0.1) is 15.9 Å². The van der Waals surface area contributed by atoms with Crippen molar-refractivity contribution in [2.75, 3.05) is 18.8 Å². The predicted molar refractivity (Wildman–Crippen MR) is 74.0 cm³/mol. The Hall–Kier alpha value is -2.18. The second kappa shape index (κ2) is 6.83. The fourth-order valence-electron chi connectivity index (χ4n) is 1.97. The largest absolute Gasteiger partial charge is 0.392 e. The van der Waals surface area contributed by atoms with Crippen LogP contribution in [0.3, 0.4) is 0 Å². The van der Waals surface area contributed by atoms with Crippen LogP contribution in [-0.2, 0) is 0 Å². The highest BCUT2D eigenvalue weighted by Crippen LogP contribution is 2.28. The lowest BCUT2D eigenvalue weighted by Crippen LogP contribution is -2.33. The molecular weight excluding hydrogens is 265 g/mol. The average Bonchev–Trinajstić information content (AvgIpc) is 2.37. The van der Waals surface area contributed by atoms with Gasteiger partial charge < -0.3 is 10.6 Å². The first-order valence-corrected chi connectivity index (χ1v) is 6.45. The average molecular weight is 283 g/mol. The maximum absolute atomic E-state index is 13.8. The highest BCUT2D eigenvalue weighted by molar-refractivity contribution is 6.01. The van der Waals surface area contributed by atoms with Gasteiger partial charge in [-0.15, -0.1) is 0 Å². The molecule has 0 heterocycles. The third-order valence-electron chi connectivity index (χ3n) is 2.86. The van der Waals surface area contributed by atoms with Crippen molar-refractivity contribution in [1.29, 1.82) is 0 Å². The van der Waals surface area contributed by atoms with Crippen molar-refractivity contribution in [3.63, 3.8) is 0 Å². The van der Waals surface area contributed by atoms with Gasteiger partial charge in [-0.2, -0.15) is 0 Å². The molecule has 0 aliphatic heterocycles. The second-order valence-corrected chi connectivity index (χ2v) is 4.40. The molecule has 0 bridgehead atoms. The summed E-state index contributed by atoms with van der Waals surface area (Å²) in [5.41, 5.74) is 4.30. The monoisotopic (exact) mass is 283 g/mol. The molecule has 0 spiro atoms. The molecule has 0 saturated heterocycles. The van der Waals surface area contributed by atoms with Crippen molar-refractivity contribution in [1.82, 2.24) is 4.90 Å². The molecule has 0 aromatic heterocycles. The van der Waals surface area contributed by atoms with E-state index in [0.29, 0.717) is 25.9 Å².